The highest BCUT2D eigenvalue weighted by Crippen LogP contribution is 2.46. The molecule has 1 aliphatic carbocycles. The van der Waals surface area contributed by atoms with Crippen LogP contribution in [-0.4, -0.2) is 47.4 Å². The summed E-state index contributed by atoms with van der Waals surface area (Å²) in [5.41, 5.74) is 6.01. The Balaban J connectivity index is 1.74. The minimum Gasteiger partial charge on any atom is -0.368 e. The van der Waals surface area contributed by atoms with Crippen LogP contribution < -0.4 is 20.4 Å². The number of hydrogen-bond donors (Lipinski definition) is 2. The Morgan fingerprint density at radius 1 is 1.17 bits per heavy atom. The van der Waals surface area contributed by atoms with Gasteiger partial charge in [0.05, 0.1) is 16.7 Å². The molecule has 210 valence electrons. The van der Waals surface area contributed by atoms with Crippen molar-refractivity contribution in [3.8, 4) is 6.07 Å². The highest BCUT2D eigenvalue weighted by atomic mass is 35.5. The van der Waals surface area contributed by atoms with Crippen molar-refractivity contribution in [1.29, 1.82) is 5.26 Å². The number of anilines is 1. The predicted octanol–water partition coefficient (Wildman–Crippen LogP) is 4.20. The molecule has 2 fully saturated rings. The van der Waals surface area contributed by atoms with Gasteiger partial charge in [0.1, 0.15) is 23.9 Å². The number of halogens is 4. The zero-order valence-corrected chi connectivity index (χ0v) is 22.1. The number of quaternary nitrogens is 1. The molecule has 4 amide bonds. The number of alkyl halides is 2. The molecule has 1 saturated carbocycles. The molecule has 9 nitrogen and oxygen atoms in total. The van der Waals surface area contributed by atoms with Crippen LogP contribution in [0.15, 0.2) is 66.9 Å². The zero-order valence-electron chi connectivity index (χ0n) is 21.3. The Morgan fingerprint density at radius 2 is 1.90 bits per heavy atom. The van der Waals surface area contributed by atoms with E-state index < -0.39 is 71.6 Å². The number of nitrogens with one attached hydrogen (secondary N) is 1. The van der Waals surface area contributed by atoms with Crippen LogP contribution in [0.4, 0.5) is 29.5 Å². The lowest BCUT2D eigenvalue weighted by atomic mass is 9.87. The van der Waals surface area contributed by atoms with Crippen LogP contribution in [0.1, 0.15) is 30.0 Å². The molecular weight excluding hydrogens is 561 g/mol. The van der Waals surface area contributed by atoms with E-state index >= 15 is 0 Å². The number of carbonyl (C=O) groups excluding carboxylic acids is 3. The van der Waals surface area contributed by atoms with Gasteiger partial charge in [-0.25, -0.2) is 27.8 Å². The molecular formula is C28H23ClF3N6O3+. The molecule has 0 bridgehead atoms. The third-order valence-corrected chi connectivity index (χ3v) is 7.71. The van der Waals surface area contributed by atoms with Crippen LogP contribution in [-0.2, 0) is 9.59 Å². The van der Waals surface area contributed by atoms with Crippen molar-refractivity contribution in [3.05, 3.63) is 88.8 Å². The number of hydrogen-bond acceptors (Lipinski definition) is 5. The maximum atomic E-state index is 14.7. The molecule has 13 heteroatoms. The van der Waals surface area contributed by atoms with E-state index in [9.17, 15) is 32.8 Å². The van der Waals surface area contributed by atoms with Crippen molar-refractivity contribution in [2.45, 2.75) is 36.9 Å². The van der Waals surface area contributed by atoms with Gasteiger partial charge in [0.15, 0.2) is 6.04 Å². The molecule has 2 heterocycles. The lowest BCUT2D eigenvalue weighted by Gasteiger charge is -2.40. The van der Waals surface area contributed by atoms with Crippen molar-refractivity contribution in [3.63, 3.8) is 0 Å². The van der Waals surface area contributed by atoms with Crippen molar-refractivity contribution in [2.75, 3.05) is 11.4 Å². The van der Waals surface area contributed by atoms with Gasteiger partial charge in [-0.2, -0.15) is 9.74 Å². The lowest BCUT2D eigenvalue weighted by molar-refractivity contribution is -0.133. The van der Waals surface area contributed by atoms with Gasteiger partial charge in [0.2, 0.25) is 11.9 Å². The van der Waals surface area contributed by atoms with Crippen molar-refractivity contribution >= 4 is 41.0 Å². The average Bonchev–Trinajstić information content (AvgIpc) is 3.22. The molecule has 3 atom stereocenters. The number of amides is 4. The van der Waals surface area contributed by atoms with E-state index in [4.69, 9.17) is 17.3 Å². The van der Waals surface area contributed by atoms with E-state index in [0.717, 1.165) is 17.0 Å². The molecule has 1 aliphatic heterocycles. The molecule has 1 aromatic heterocycles. The van der Waals surface area contributed by atoms with E-state index in [2.05, 4.69) is 10.3 Å². The second-order valence-corrected chi connectivity index (χ2v) is 10.4. The molecule has 2 aromatic carbocycles. The zero-order chi connectivity index (χ0) is 29.5. The van der Waals surface area contributed by atoms with E-state index in [-0.39, 0.29) is 27.7 Å². The van der Waals surface area contributed by atoms with Crippen LogP contribution in [0.2, 0.25) is 5.02 Å². The SMILES string of the molecule is N#Cc1ccnc(N2C(=O)[N@+](c3cccc(F)c3)([C@H](C(=O)NC3CC(F)(F)C3)c3ccccc3Cl)CC2C(N)=O)c1. The second kappa shape index (κ2) is 10.5. The van der Waals surface area contributed by atoms with Crippen LogP contribution in [0, 0.1) is 17.1 Å². The molecule has 5 rings (SSSR count). The molecule has 0 spiro atoms. The number of pyridine rings is 1. The highest BCUT2D eigenvalue weighted by Gasteiger charge is 2.63. The van der Waals surface area contributed by atoms with Crippen molar-refractivity contribution in [2.24, 2.45) is 5.73 Å². The summed E-state index contributed by atoms with van der Waals surface area (Å²) < 4.78 is 41.0. The number of aromatic nitrogens is 1. The maximum Gasteiger partial charge on any atom is 0.431 e. The Bertz CT molecular complexity index is 1590. The normalized spacial score (nSPS) is 22.5. The van der Waals surface area contributed by atoms with Crippen LogP contribution >= 0.6 is 11.6 Å². The van der Waals surface area contributed by atoms with Crippen molar-refractivity contribution in [1.82, 2.24) is 14.8 Å². The molecule has 3 aromatic rings. The average molecular weight is 584 g/mol. The summed E-state index contributed by atoms with van der Waals surface area (Å²) in [5.74, 6) is -5.55. The Kier molecular flexibility index (Phi) is 7.19. The quantitative estimate of drug-likeness (QED) is 0.403. The van der Waals surface area contributed by atoms with Gasteiger partial charge in [-0.15, -0.1) is 0 Å². The Labute approximate surface area is 237 Å². The van der Waals surface area contributed by atoms with Crippen LogP contribution in [0.25, 0.3) is 0 Å². The summed E-state index contributed by atoms with van der Waals surface area (Å²) in [6, 6.07) is 11.0. The standard InChI is InChI=1S/C28H22ClF3N6O3/c29-21-7-2-1-6-20(21)24(26(40)36-18-12-28(31,32)13-18)38(19-5-3-4-17(30)11-19)15-22(25(34)39)37(27(38)41)23-10-16(14-33)8-9-35-23/h1-11,18,22,24H,12-13,15H2,(H2-,34,36,39,40)/p+1/t22?,24-,38+/m0/s1. The summed E-state index contributed by atoms with van der Waals surface area (Å²) in [6.07, 6.45) is 0.0784. The van der Waals surface area contributed by atoms with Gasteiger partial charge in [-0.05, 0) is 30.3 Å². The summed E-state index contributed by atoms with van der Waals surface area (Å²) in [6.45, 7) is -0.458. The van der Waals surface area contributed by atoms with E-state index in [1.54, 1.807) is 12.1 Å². The van der Waals surface area contributed by atoms with E-state index in [0.29, 0.717) is 0 Å². The van der Waals surface area contributed by atoms with Gasteiger partial charge in [0.25, 0.3) is 11.8 Å². The smallest absolute Gasteiger partial charge is 0.368 e. The summed E-state index contributed by atoms with van der Waals surface area (Å²) >= 11 is 6.54. The van der Waals surface area contributed by atoms with Crippen molar-refractivity contribution < 1.29 is 27.6 Å². The van der Waals surface area contributed by atoms with Gasteiger partial charge in [0, 0.05) is 36.7 Å². The number of nitrogens with zero attached hydrogens (tertiary/aromatic N) is 4. The lowest BCUT2D eigenvalue weighted by Crippen LogP contribution is -2.61. The van der Waals surface area contributed by atoms with E-state index in [1.807, 2.05) is 6.07 Å². The number of rotatable bonds is 7. The van der Waals surface area contributed by atoms with Gasteiger partial charge in [-0.1, -0.05) is 35.9 Å². The first-order valence-electron chi connectivity index (χ1n) is 12.5. The third-order valence-electron chi connectivity index (χ3n) is 7.36. The molecule has 1 unspecified atom stereocenters. The molecule has 1 saturated heterocycles. The Hall–Kier alpha value is -4.47. The fraction of sp³-hybridized carbons (Fsp3) is 0.250. The van der Waals surface area contributed by atoms with Crippen LogP contribution in [0.3, 0.4) is 0 Å². The minimum atomic E-state index is -2.94. The number of urea groups is 1. The third kappa shape index (κ3) is 4.98. The molecule has 41 heavy (non-hydrogen) atoms. The fourth-order valence-corrected chi connectivity index (χ4v) is 5.72. The minimum absolute atomic E-state index is 0.0146. The number of nitrogens with two attached hydrogens (primary N) is 1. The Morgan fingerprint density at radius 3 is 2.54 bits per heavy atom. The first-order chi connectivity index (χ1) is 19.5. The molecule has 3 N–H and O–H groups in total. The first-order valence-corrected chi connectivity index (χ1v) is 12.9. The van der Waals surface area contributed by atoms with Gasteiger partial charge in [-0.3, -0.25) is 9.59 Å². The summed E-state index contributed by atoms with van der Waals surface area (Å²) in [5, 5.41) is 12.1. The van der Waals surface area contributed by atoms with Crippen LogP contribution in [0.5, 0.6) is 0 Å². The highest BCUT2D eigenvalue weighted by molar-refractivity contribution is 6.31. The molecule has 0 radical (unpaired) electrons. The predicted molar refractivity (Wildman–Crippen MR) is 143 cm³/mol. The topological polar surface area (TPSA) is 129 Å². The largest absolute Gasteiger partial charge is 0.431 e. The fourth-order valence-electron chi connectivity index (χ4n) is 5.48. The summed E-state index contributed by atoms with van der Waals surface area (Å²) in [4.78, 5) is 46.7. The van der Waals surface area contributed by atoms with Gasteiger partial charge < -0.3 is 11.1 Å². The molecule has 2 aliphatic rings. The number of nitriles is 1. The number of carbonyl (C=O) groups is 3. The number of benzene rings is 2. The monoisotopic (exact) mass is 583 g/mol. The maximum absolute atomic E-state index is 14.7. The first kappa shape index (κ1) is 28.1. The van der Waals surface area contributed by atoms with Gasteiger partial charge >= 0.3 is 6.03 Å². The second-order valence-electron chi connectivity index (χ2n) is 10.0. The summed E-state index contributed by atoms with van der Waals surface area (Å²) in [7, 11) is 0. The van der Waals surface area contributed by atoms with E-state index in [1.165, 1.54) is 42.6 Å². The number of primary amides is 1.